The van der Waals surface area contributed by atoms with Crippen LogP contribution in [0.1, 0.15) is 32.5 Å². The summed E-state index contributed by atoms with van der Waals surface area (Å²) in [5, 5.41) is 0. The Morgan fingerprint density at radius 1 is 0.909 bits per heavy atom. The molecule has 0 aliphatic carbocycles. The van der Waals surface area contributed by atoms with Gasteiger partial charge in [0.05, 0.1) is 23.1 Å². The van der Waals surface area contributed by atoms with Crippen molar-refractivity contribution in [2.75, 3.05) is 32.8 Å². The van der Waals surface area contributed by atoms with Crippen LogP contribution in [0.2, 0.25) is 0 Å². The van der Waals surface area contributed by atoms with Crippen molar-refractivity contribution in [3.8, 4) is 17.0 Å². The lowest BCUT2D eigenvalue weighted by Crippen LogP contribution is -2.49. The van der Waals surface area contributed by atoms with Crippen molar-refractivity contribution in [3.63, 3.8) is 0 Å². The molecule has 1 amide bonds. The molecule has 1 N–H and O–H groups in total. The number of H-pyrrole nitrogens is 1. The Bertz CT molecular complexity index is 1910. The minimum atomic E-state index is -0.296. The number of ether oxygens (including phenoxy) is 1. The number of para-hydroxylation sites is 2. The summed E-state index contributed by atoms with van der Waals surface area (Å²) in [5.74, 6) is 1.57. The summed E-state index contributed by atoms with van der Waals surface area (Å²) in [6, 6.07) is 17.4. The number of aromatic nitrogens is 5. The van der Waals surface area contributed by atoms with Crippen molar-refractivity contribution in [3.05, 3.63) is 81.3 Å². The first kappa shape index (κ1) is 29.4. The molecule has 1 aliphatic rings. The monoisotopic (exact) mass is 597 g/mol. The van der Waals surface area contributed by atoms with Crippen LogP contribution in [0.25, 0.3) is 33.3 Å². The fourth-order valence-corrected chi connectivity index (χ4v) is 5.97. The summed E-state index contributed by atoms with van der Waals surface area (Å²) >= 11 is 0. The van der Waals surface area contributed by atoms with Gasteiger partial charge in [-0.2, -0.15) is 0 Å². The van der Waals surface area contributed by atoms with E-state index in [0.717, 1.165) is 54.2 Å². The smallest absolute Gasteiger partial charge is 0.331 e. The molecular weight excluding hydrogens is 558 g/mol. The van der Waals surface area contributed by atoms with Crippen LogP contribution in [0.5, 0.6) is 5.75 Å². The van der Waals surface area contributed by atoms with Gasteiger partial charge in [-0.25, -0.2) is 9.78 Å². The van der Waals surface area contributed by atoms with Gasteiger partial charge in [0, 0.05) is 52.0 Å². The van der Waals surface area contributed by atoms with E-state index in [0.29, 0.717) is 49.4 Å². The second-order valence-corrected chi connectivity index (χ2v) is 11.4. The van der Waals surface area contributed by atoms with Crippen LogP contribution in [-0.4, -0.2) is 72.2 Å². The van der Waals surface area contributed by atoms with E-state index in [1.165, 1.54) is 4.57 Å². The van der Waals surface area contributed by atoms with Crippen molar-refractivity contribution in [1.82, 2.24) is 33.5 Å². The Hall–Kier alpha value is -4.64. The number of amides is 1. The normalized spacial score (nSPS) is 14.1. The van der Waals surface area contributed by atoms with Crippen molar-refractivity contribution in [2.45, 2.75) is 46.3 Å². The molecule has 1 fully saturated rings. The van der Waals surface area contributed by atoms with Crippen molar-refractivity contribution < 1.29 is 9.53 Å². The first-order valence-corrected chi connectivity index (χ1v) is 15.4. The van der Waals surface area contributed by atoms with Gasteiger partial charge in [-0.3, -0.25) is 23.6 Å². The molecule has 0 atom stereocenters. The van der Waals surface area contributed by atoms with Gasteiger partial charge < -0.3 is 19.2 Å². The highest BCUT2D eigenvalue weighted by atomic mass is 16.5. The quantitative estimate of drug-likeness (QED) is 0.264. The number of benzene rings is 2. The van der Waals surface area contributed by atoms with Gasteiger partial charge in [-0.05, 0) is 60.9 Å². The fraction of sp³-hybridized carbons (Fsp3) is 0.394. The summed E-state index contributed by atoms with van der Waals surface area (Å²) < 4.78 is 11.0. The molecule has 0 unspecified atom stereocenters. The van der Waals surface area contributed by atoms with Gasteiger partial charge >= 0.3 is 5.69 Å². The lowest BCUT2D eigenvalue weighted by molar-refractivity contribution is -0.135. The van der Waals surface area contributed by atoms with Gasteiger partial charge in [-0.15, -0.1) is 0 Å². The van der Waals surface area contributed by atoms with E-state index in [2.05, 4.69) is 20.5 Å². The van der Waals surface area contributed by atoms with E-state index in [1.54, 1.807) is 4.57 Å². The second kappa shape index (κ2) is 12.5. The molecule has 3 aromatic heterocycles. The topological polar surface area (TPSA) is 110 Å². The van der Waals surface area contributed by atoms with Crippen LogP contribution in [0.3, 0.4) is 0 Å². The van der Waals surface area contributed by atoms with E-state index in [9.17, 15) is 14.4 Å². The predicted molar refractivity (Wildman–Crippen MR) is 171 cm³/mol. The van der Waals surface area contributed by atoms with Crippen molar-refractivity contribution in [2.24, 2.45) is 7.05 Å². The highest BCUT2D eigenvalue weighted by molar-refractivity contribution is 5.82. The highest BCUT2D eigenvalue weighted by Gasteiger charge is 2.23. The Morgan fingerprint density at radius 3 is 2.32 bits per heavy atom. The third-order valence-corrected chi connectivity index (χ3v) is 8.40. The summed E-state index contributed by atoms with van der Waals surface area (Å²) in [7, 11) is 2.05. The first-order valence-electron chi connectivity index (χ1n) is 15.4. The number of nitrogens with zero attached hydrogens (tertiary/aromatic N) is 6. The maximum Gasteiger partial charge on any atom is 0.331 e. The van der Waals surface area contributed by atoms with E-state index in [4.69, 9.17) is 9.72 Å². The van der Waals surface area contributed by atoms with E-state index >= 15 is 0 Å². The molecule has 1 saturated heterocycles. The highest BCUT2D eigenvalue weighted by Crippen LogP contribution is 2.25. The molecule has 0 bridgehead atoms. The molecule has 0 radical (unpaired) electrons. The maximum atomic E-state index is 13.1. The van der Waals surface area contributed by atoms with Crippen LogP contribution < -0.4 is 16.0 Å². The van der Waals surface area contributed by atoms with Gasteiger partial charge in [0.25, 0.3) is 11.5 Å². The number of rotatable bonds is 10. The standard InChI is InChI=1S/C33H39N7O4/c1-4-14-39-28-20-26(35-31(28)32(42)40(15-5-2)33(39)43)23-10-12-24(13-11-23)44-22-30(41)38-18-16-37(17-19-38)21-29-34-25-8-6-7-9-27(25)36(29)3/h6-13,20,35H,4-5,14-19,21-22H2,1-3H3. The Balaban J connectivity index is 1.06. The predicted octanol–water partition coefficient (Wildman–Crippen LogP) is 3.59. The SMILES string of the molecule is CCCn1c(=O)c2[nH]c(-c3ccc(OCC(=O)N4CCN(Cc5nc6ccccc6n5C)CC4)cc3)cc2n(CCC)c1=O. The molecule has 0 spiro atoms. The van der Waals surface area contributed by atoms with Gasteiger partial charge in [0.2, 0.25) is 0 Å². The second-order valence-electron chi connectivity index (χ2n) is 11.4. The Morgan fingerprint density at radius 2 is 1.61 bits per heavy atom. The zero-order valence-electron chi connectivity index (χ0n) is 25.6. The number of fused-ring (bicyclic) bond motifs is 2. The molecule has 0 saturated carbocycles. The molecule has 230 valence electrons. The molecule has 6 rings (SSSR count). The van der Waals surface area contributed by atoms with E-state index in [1.807, 2.05) is 74.3 Å². The van der Waals surface area contributed by atoms with E-state index in [-0.39, 0.29) is 23.8 Å². The molecular formula is C33H39N7O4. The fourth-order valence-electron chi connectivity index (χ4n) is 5.97. The number of piperazine rings is 1. The molecule has 2 aromatic carbocycles. The minimum Gasteiger partial charge on any atom is -0.484 e. The van der Waals surface area contributed by atoms with Gasteiger partial charge in [-0.1, -0.05) is 26.0 Å². The number of imidazole rings is 1. The van der Waals surface area contributed by atoms with Crippen LogP contribution in [0.15, 0.2) is 64.2 Å². The Kier molecular flexibility index (Phi) is 8.38. The van der Waals surface area contributed by atoms with Crippen LogP contribution in [0.4, 0.5) is 0 Å². The summed E-state index contributed by atoms with van der Waals surface area (Å²) in [6.45, 7) is 8.45. The number of hydrogen-bond donors (Lipinski definition) is 1. The number of nitrogens with one attached hydrogen (secondary N) is 1. The maximum absolute atomic E-state index is 13.1. The lowest BCUT2D eigenvalue weighted by atomic mass is 10.1. The lowest BCUT2D eigenvalue weighted by Gasteiger charge is -2.34. The molecule has 44 heavy (non-hydrogen) atoms. The van der Waals surface area contributed by atoms with Crippen LogP contribution in [0, 0.1) is 0 Å². The zero-order chi connectivity index (χ0) is 30.8. The number of aryl methyl sites for hydroxylation is 2. The van der Waals surface area contributed by atoms with E-state index < -0.39 is 0 Å². The third-order valence-electron chi connectivity index (χ3n) is 8.40. The summed E-state index contributed by atoms with van der Waals surface area (Å²) in [5.41, 5.74) is 4.20. The minimum absolute atomic E-state index is 0.0310. The summed E-state index contributed by atoms with van der Waals surface area (Å²) in [4.78, 5) is 51.2. The molecule has 4 heterocycles. The number of aromatic amines is 1. The van der Waals surface area contributed by atoms with Gasteiger partial charge in [0.15, 0.2) is 6.61 Å². The zero-order valence-corrected chi connectivity index (χ0v) is 25.6. The number of hydrogen-bond acceptors (Lipinski definition) is 6. The largest absolute Gasteiger partial charge is 0.484 e. The molecule has 5 aromatic rings. The van der Waals surface area contributed by atoms with Crippen LogP contribution >= 0.6 is 0 Å². The van der Waals surface area contributed by atoms with Crippen LogP contribution in [-0.2, 0) is 31.5 Å². The number of carbonyl (C=O) groups is 1. The molecule has 1 aliphatic heterocycles. The molecule has 11 nitrogen and oxygen atoms in total. The average Bonchev–Trinajstić information content (AvgIpc) is 3.62. The first-order chi connectivity index (χ1) is 21.4. The van der Waals surface area contributed by atoms with Crippen molar-refractivity contribution in [1.29, 1.82) is 0 Å². The molecule has 11 heteroatoms. The summed E-state index contributed by atoms with van der Waals surface area (Å²) in [6.07, 6.45) is 1.48. The average molecular weight is 598 g/mol. The Labute approximate surface area is 255 Å². The van der Waals surface area contributed by atoms with Gasteiger partial charge in [0.1, 0.15) is 17.1 Å². The number of carbonyl (C=O) groups excluding carboxylic acids is 1. The third kappa shape index (κ3) is 5.67. The van der Waals surface area contributed by atoms with Crippen molar-refractivity contribution >= 4 is 28.0 Å².